The molecule has 0 spiro atoms. The lowest BCUT2D eigenvalue weighted by Crippen LogP contribution is -2.24. The number of likely N-dealkylation sites (N-methyl/N-ethyl adjacent to an activating group) is 1. The molecule has 0 saturated heterocycles. The summed E-state index contributed by atoms with van der Waals surface area (Å²) in [5.41, 5.74) is 3.58. The Bertz CT molecular complexity index is 588. The van der Waals surface area contributed by atoms with Crippen molar-refractivity contribution in [2.24, 2.45) is 0 Å². The maximum absolute atomic E-state index is 5.47. The average Bonchev–Trinajstić information content (AvgIpc) is 3.03. The molecule has 0 amide bonds. The highest BCUT2D eigenvalue weighted by Gasteiger charge is 2.20. The molecular weight excluding hydrogens is 330 g/mol. The van der Waals surface area contributed by atoms with E-state index in [1.165, 1.54) is 11.3 Å². The second-order valence-electron chi connectivity index (χ2n) is 5.18. The van der Waals surface area contributed by atoms with Gasteiger partial charge in [0.05, 0.1) is 22.1 Å². The Kier molecular flexibility index (Phi) is 5.65. The third-order valence-corrected chi connectivity index (χ3v) is 4.61. The molecule has 0 saturated carbocycles. The summed E-state index contributed by atoms with van der Waals surface area (Å²) in [7, 11) is 0. The van der Waals surface area contributed by atoms with E-state index >= 15 is 0 Å². The van der Waals surface area contributed by atoms with Crippen molar-refractivity contribution < 1.29 is 4.42 Å². The van der Waals surface area contributed by atoms with Crippen molar-refractivity contribution in [1.82, 2.24) is 15.1 Å². The van der Waals surface area contributed by atoms with Gasteiger partial charge >= 0.3 is 0 Å². The van der Waals surface area contributed by atoms with Gasteiger partial charge in [-0.05, 0) is 48.8 Å². The number of aryl methyl sites for hydroxylation is 3. The predicted molar refractivity (Wildman–Crippen MR) is 88.5 cm³/mol. The molecule has 1 atom stereocenters. The van der Waals surface area contributed by atoms with Crippen molar-refractivity contribution in [3.05, 3.63) is 39.5 Å². The fourth-order valence-electron chi connectivity index (χ4n) is 2.61. The number of hydrogen-bond donors (Lipinski definition) is 1. The number of rotatable bonds is 7. The molecule has 2 aromatic rings. The average molecular weight is 354 g/mol. The first-order valence-corrected chi connectivity index (χ1v) is 8.42. The lowest BCUT2D eigenvalue weighted by Gasteiger charge is -2.17. The molecule has 0 aliphatic rings. The number of aromatic nitrogens is 2. The van der Waals surface area contributed by atoms with Crippen molar-refractivity contribution in [2.75, 3.05) is 6.54 Å². The van der Waals surface area contributed by atoms with Crippen molar-refractivity contribution >= 4 is 15.9 Å². The van der Waals surface area contributed by atoms with Gasteiger partial charge in [0.15, 0.2) is 0 Å². The Morgan fingerprint density at radius 3 is 2.67 bits per heavy atom. The lowest BCUT2D eigenvalue weighted by molar-refractivity contribution is 0.497. The molecule has 0 radical (unpaired) electrons. The highest BCUT2D eigenvalue weighted by molar-refractivity contribution is 9.10. The molecule has 4 nitrogen and oxygen atoms in total. The van der Waals surface area contributed by atoms with Crippen molar-refractivity contribution in [3.8, 4) is 0 Å². The number of halogens is 1. The second-order valence-corrected chi connectivity index (χ2v) is 5.97. The van der Waals surface area contributed by atoms with Crippen LogP contribution in [0.5, 0.6) is 0 Å². The molecule has 0 aliphatic heterocycles. The van der Waals surface area contributed by atoms with Gasteiger partial charge in [-0.2, -0.15) is 5.10 Å². The smallest absolute Gasteiger partial charge is 0.101 e. The third kappa shape index (κ3) is 3.58. The van der Waals surface area contributed by atoms with Crippen LogP contribution in [0, 0.1) is 6.92 Å². The van der Waals surface area contributed by atoms with Crippen molar-refractivity contribution in [2.45, 2.75) is 53.1 Å². The molecule has 2 rings (SSSR count). The molecule has 0 fully saturated rings. The maximum atomic E-state index is 5.47. The number of nitrogens with zero attached hydrogens (tertiary/aromatic N) is 2. The largest absolute Gasteiger partial charge is 0.469 e. The molecule has 2 heterocycles. The van der Waals surface area contributed by atoms with Crippen LogP contribution in [-0.2, 0) is 19.4 Å². The van der Waals surface area contributed by atoms with Gasteiger partial charge in [0.25, 0.3) is 0 Å². The Labute approximate surface area is 135 Å². The summed E-state index contributed by atoms with van der Waals surface area (Å²) in [6, 6.07) is 2.35. The highest BCUT2D eigenvalue weighted by Crippen LogP contribution is 2.28. The van der Waals surface area contributed by atoms with Gasteiger partial charge in [0.2, 0.25) is 0 Å². The highest BCUT2D eigenvalue weighted by atomic mass is 79.9. The van der Waals surface area contributed by atoms with E-state index in [9.17, 15) is 0 Å². The molecule has 0 aromatic carbocycles. The molecule has 0 bridgehead atoms. The van der Waals surface area contributed by atoms with Gasteiger partial charge in [-0.15, -0.1) is 0 Å². The summed E-state index contributed by atoms with van der Waals surface area (Å²) >= 11 is 3.73. The SMILES string of the molecule is CCNC(Cc1c(Br)c(CC)nn1CC)c1coc(C)c1. The Morgan fingerprint density at radius 1 is 1.38 bits per heavy atom. The standard InChI is InChI=1S/C16H24BrN3O/c1-5-13-16(17)15(20(7-3)19-13)9-14(18-6-2)12-8-11(4)21-10-12/h8,10,14,18H,5-7,9H2,1-4H3. The summed E-state index contributed by atoms with van der Waals surface area (Å²) in [6.07, 6.45) is 3.69. The zero-order chi connectivity index (χ0) is 15.4. The fourth-order valence-corrected chi connectivity index (χ4v) is 3.33. The van der Waals surface area contributed by atoms with Crippen LogP contribution in [0.1, 0.15) is 49.5 Å². The normalized spacial score (nSPS) is 12.8. The first-order chi connectivity index (χ1) is 10.1. The van der Waals surface area contributed by atoms with Crippen LogP contribution in [0.4, 0.5) is 0 Å². The Hall–Kier alpha value is -1.07. The van der Waals surface area contributed by atoms with E-state index in [0.29, 0.717) is 0 Å². The number of nitrogens with one attached hydrogen (secondary N) is 1. The van der Waals surface area contributed by atoms with Gasteiger partial charge in [0, 0.05) is 24.6 Å². The first-order valence-electron chi connectivity index (χ1n) is 7.63. The lowest BCUT2D eigenvalue weighted by atomic mass is 10.0. The van der Waals surface area contributed by atoms with E-state index in [4.69, 9.17) is 4.42 Å². The molecule has 116 valence electrons. The van der Waals surface area contributed by atoms with Crippen molar-refractivity contribution in [3.63, 3.8) is 0 Å². The Balaban J connectivity index is 2.30. The quantitative estimate of drug-likeness (QED) is 0.817. The molecule has 1 N–H and O–H groups in total. The molecule has 0 aliphatic carbocycles. The summed E-state index contributed by atoms with van der Waals surface area (Å²) < 4.78 is 8.71. The van der Waals surface area contributed by atoms with Gasteiger partial charge in [-0.1, -0.05) is 13.8 Å². The molecular formula is C16H24BrN3O. The monoisotopic (exact) mass is 353 g/mol. The molecule has 1 unspecified atom stereocenters. The number of furan rings is 1. The minimum atomic E-state index is 0.246. The van der Waals surface area contributed by atoms with E-state index in [-0.39, 0.29) is 6.04 Å². The maximum Gasteiger partial charge on any atom is 0.101 e. The van der Waals surface area contributed by atoms with E-state index in [1.807, 2.05) is 13.2 Å². The van der Waals surface area contributed by atoms with Crippen LogP contribution in [0.2, 0.25) is 0 Å². The van der Waals surface area contributed by atoms with Crippen LogP contribution < -0.4 is 5.32 Å². The van der Waals surface area contributed by atoms with Crippen LogP contribution in [0.15, 0.2) is 21.2 Å². The van der Waals surface area contributed by atoms with Gasteiger partial charge < -0.3 is 9.73 Å². The van der Waals surface area contributed by atoms with Gasteiger partial charge in [-0.3, -0.25) is 4.68 Å². The van der Waals surface area contributed by atoms with Gasteiger partial charge in [-0.25, -0.2) is 0 Å². The van der Waals surface area contributed by atoms with E-state index in [1.54, 1.807) is 0 Å². The number of hydrogen-bond acceptors (Lipinski definition) is 3. The van der Waals surface area contributed by atoms with Gasteiger partial charge in [0.1, 0.15) is 5.76 Å². The first kappa shape index (κ1) is 16.3. The predicted octanol–water partition coefficient (Wildman–Crippen LogP) is 4.02. The van der Waals surface area contributed by atoms with Crippen LogP contribution in [-0.4, -0.2) is 16.3 Å². The van der Waals surface area contributed by atoms with E-state index < -0.39 is 0 Å². The zero-order valence-corrected chi connectivity index (χ0v) is 14.8. The summed E-state index contributed by atoms with van der Waals surface area (Å²) in [5, 5.41) is 8.22. The third-order valence-electron chi connectivity index (χ3n) is 3.70. The summed E-state index contributed by atoms with van der Waals surface area (Å²) in [6.45, 7) is 10.2. The molecule has 21 heavy (non-hydrogen) atoms. The molecule has 5 heteroatoms. The topological polar surface area (TPSA) is 43.0 Å². The fraction of sp³-hybridized carbons (Fsp3) is 0.562. The van der Waals surface area contributed by atoms with Crippen molar-refractivity contribution in [1.29, 1.82) is 0 Å². The molecule has 2 aromatic heterocycles. The minimum Gasteiger partial charge on any atom is -0.469 e. The van der Waals surface area contributed by atoms with E-state index in [0.717, 1.165) is 41.9 Å². The second kappa shape index (κ2) is 7.27. The summed E-state index contributed by atoms with van der Waals surface area (Å²) in [5.74, 6) is 0.949. The Morgan fingerprint density at radius 2 is 2.14 bits per heavy atom. The minimum absolute atomic E-state index is 0.246. The summed E-state index contributed by atoms with van der Waals surface area (Å²) in [4.78, 5) is 0. The van der Waals surface area contributed by atoms with Crippen LogP contribution in [0.3, 0.4) is 0 Å². The van der Waals surface area contributed by atoms with Crippen LogP contribution in [0.25, 0.3) is 0 Å². The van der Waals surface area contributed by atoms with Crippen LogP contribution >= 0.6 is 15.9 Å². The van der Waals surface area contributed by atoms with E-state index in [2.05, 4.69) is 57.9 Å². The zero-order valence-electron chi connectivity index (χ0n) is 13.2.